The average Bonchev–Trinajstić information content (AvgIpc) is 2.80. The predicted molar refractivity (Wildman–Crippen MR) is 117 cm³/mol. The monoisotopic (exact) mass is 417 g/mol. The molecule has 3 aromatic carbocycles. The van der Waals surface area contributed by atoms with Gasteiger partial charge >= 0.3 is 0 Å². The number of amides is 1. The van der Waals surface area contributed by atoms with E-state index >= 15 is 0 Å². The minimum atomic E-state index is -0.447. The van der Waals surface area contributed by atoms with E-state index < -0.39 is 11.3 Å². The van der Waals surface area contributed by atoms with Crippen LogP contribution in [-0.4, -0.2) is 25.2 Å². The van der Waals surface area contributed by atoms with Crippen LogP contribution in [0.4, 0.5) is 5.69 Å². The number of fused-ring (bicyclic) bond motifs is 1. The molecular formula is C24H19NO6. The Morgan fingerprint density at radius 1 is 0.968 bits per heavy atom. The third-order valence-electron chi connectivity index (χ3n) is 4.81. The maximum Gasteiger partial charge on any atom is 0.255 e. The summed E-state index contributed by atoms with van der Waals surface area (Å²) in [6.45, 7) is 0. The number of carbonyl (C=O) groups excluding carboxylic acids is 1. The van der Waals surface area contributed by atoms with Crippen molar-refractivity contribution in [3.63, 3.8) is 0 Å². The fourth-order valence-corrected chi connectivity index (χ4v) is 3.29. The Hall–Kier alpha value is -4.26. The number of ether oxygens (including phenoxy) is 2. The molecule has 0 saturated carbocycles. The molecule has 0 aliphatic rings. The van der Waals surface area contributed by atoms with Crippen LogP contribution in [0.2, 0.25) is 0 Å². The van der Waals surface area contributed by atoms with Crippen LogP contribution in [0.5, 0.6) is 17.2 Å². The lowest BCUT2D eigenvalue weighted by Gasteiger charge is -2.12. The van der Waals surface area contributed by atoms with Crippen LogP contribution in [0.15, 0.2) is 75.9 Å². The van der Waals surface area contributed by atoms with Crippen molar-refractivity contribution in [2.75, 3.05) is 19.5 Å². The molecule has 0 atom stereocenters. The van der Waals surface area contributed by atoms with Crippen LogP contribution < -0.4 is 20.2 Å². The third kappa shape index (κ3) is 3.81. The van der Waals surface area contributed by atoms with E-state index in [1.807, 2.05) is 0 Å². The number of methoxy groups -OCH3 is 2. The van der Waals surface area contributed by atoms with E-state index in [0.717, 1.165) is 0 Å². The molecule has 31 heavy (non-hydrogen) atoms. The van der Waals surface area contributed by atoms with Crippen LogP contribution in [0.1, 0.15) is 10.4 Å². The first-order valence-corrected chi connectivity index (χ1v) is 9.40. The fourth-order valence-electron chi connectivity index (χ4n) is 3.29. The number of phenols is 1. The van der Waals surface area contributed by atoms with Crippen molar-refractivity contribution in [1.82, 2.24) is 0 Å². The lowest BCUT2D eigenvalue weighted by atomic mass is 10.1. The van der Waals surface area contributed by atoms with Crippen LogP contribution in [0.25, 0.3) is 22.3 Å². The summed E-state index contributed by atoms with van der Waals surface area (Å²) in [5.41, 5.74) is 0.789. The molecule has 0 spiro atoms. The summed E-state index contributed by atoms with van der Waals surface area (Å²) in [5.74, 6) is 0.642. The molecular weight excluding hydrogens is 398 g/mol. The van der Waals surface area contributed by atoms with E-state index in [4.69, 9.17) is 13.9 Å². The number of para-hydroxylation sites is 1. The van der Waals surface area contributed by atoms with Gasteiger partial charge in [0.1, 0.15) is 28.4 Å². The second-order valence-electron chi connectivity index (χ2n) is 6.70. The molecule has 4 aromatic rings. The molecule has 0 aliphatic heterocycles. The van der Waals surface area contributed by atoms with Gasteiger partial charge in [0.15, 0.2) is 11.0 Å². The molecule has 4 rings (SSSR count). The largest absolute Gasteiger partial charge is 0.507 e. The molecule has 0 unspecified atom stereocenters. The summed E-state index contributed by atoms with van der Waals surface area (Å²) < 4.78 is 16.5. The zero-order chi connectivity index (χ0) is 22.0. The van der Waals surface area contributed by atoms with Gasteiger partial charge in [-0.3, -0.25) is 9.59 Å². The molecule has 1 heterocycles. The molecule has 7 nitrogen and oxygen atoms in total. The van der Waals surface area contributed by atoms with Crippen LogP contribution in [0, 0.1) is 0 Å². The highest BCUT2D eigenvalue weighted by Crippen LogP contribution is 2.35. The summed E-state index contributed by atoms with van der Waals surface area (Å²) in [4.78, 5) is 25.6. The zero-order valence-electron chi connectivity index (χ0n) is 16.8. The highest BCUT2D eigenvalue weighted by molar-refractivity contribution is 6.08. The Bertz CT molecular complexity index is 1340. The van der Waals surface area contributed by atoms with E-state index in [-0.39, 0.29) is 28.2 Å². The lowest BCUT2D eigenvalue weighted by molar-refractivity contribution is 0.102. The number of anilines is 1. The summed E-state index contributed by atoms with van der Waals surface area (Å²) >= 11 is 0. The van der Waals surface area contributed by atoms with Crippen molar-refractivity contribution in [3.8, 4) is 28.6 Å². The SMILES string of the molecule is COc1cccc(C(=O)Nc2ccc(O)c3c(=O)cc(-c4ccccc4OC)oc23)c1. The van der Waals surface area contributed by atoms with Crippen molar-refractivity contribution < 1.29 is 23.8 Å². The predicted octanol–water partition coefficient (Wildman–Crippen LogP) is 4.44. The van der Waals surface area contributed by atoms with Crippen LogP contribution >= 0.6 is 0 Å². The quantitative estimate of drug-likeness (QED) is 0.466. The molecule has 1 amide bonds. The highest BCUT2D eigenvalue weighted by Gasteiger charge is 2.18. The van der Waals surface area contributed by atoms with Crippen LogP contribution in [0.3, 0.4) is 0 Å². The maximum atomic E-state index is 12.8. The Morgan fingerprint density at radius 2 is 1.77 bits per heavy atom. The normalized spacial score (nSPS) is 10.6. The molecule has 0 radical (unpaired) electrons. The van der Waals surface area contributed by atoms with Gasteiger partial charge in [-0.25, -0.2) is 0 Å². The van der Waals surface area contributed by atoms with Crippen molar-refractivity contribution in [2.24, 2.45) is 0 Å². The van der Waals surface area contributed by atoms with Gasteiger partial charge in [0.05, 0.1) is 25.5 Å². The minimum absolute atomic E-state index is 0.0258. The van der Waals surface area contributed by atoms with Gasteiger partial charge in [0.2, 0.25) is 0 Å². The van der Waals surface area contributed by atoms with E-state index in [9.17, 15) is 14.7 Å². The smallest absolute Gasteiger partial charge is 0.255 e. The van der Waals surface area contributed by atoms with Gasteiger partial charge in [-0.15, -0.1) is 0 Å². The van der Waals surface area contributed by atoms with Gasteiger partial charge < -0.3 is 24.3 Å². The summed E-state index contributed by atoms with van der Waals surface area (Å²) in [6, 6.07) is 17.8. The van der Waals surface area contributed by atoms with Gasteiger partial charge in [-0.05, 0) is 42.5 Å². The molecule has 0 fully saturated rings. The van der Waals surface area contributed by atoms with E-state index in [2.05, 4.69) is 5.32 Å². The number of phenolic OH excluding ortho intramolecular Hbond substituents is 1. The Labute approximate surface area is 177 Å². The van der Waals surface area contributed by atoms with Crippen molar-refractivity contribution in [1.29, 1.82) is 0 Å². The first-order chi connectivity index (χ1) is 15.0. The molecule has 7 heteroatoms. The second kappa shape index (κ2) is 8.23. The minimum Gasteiger partial charge on any atom is -0.507 e. The number of rotatable bonds is 5. The van der Waals surface area contributed by atoms with E-state index in [0.29, 0.717) is 22.6 Å². The zero-order valence-corrected chi connectivity index (χ0v) is 16.8. The van der Waals surface area contributed by atoms with E-state index in [1.54, 1.807) is 48.5 Å². The fraction of sp³-hybridized carbons (Fsp3) is 0.0833. The lowest BCUT2D eigenvalue weighted by Crippen LogP contribution is -2.13. The van der Waals surface area contributed by atoms with Gasteiger partial charge in [-0.2, -0.15) is 0 Å². The summed E-state index contributed by atoms with van der Waals surface area (Å²) in [7, 11) is 3.03. The number of hydrogen-bond donors (Lipinski definition) is 2. The number of aromatic hydroxyl groups is 1. The standard InChI is InChI=1S/C24H19NO6/c1-29-15-7-5-6-14(12-15)24(28)25-17-10-11-18(26)22-19(27)13-21(31-23(17)22)16-8-3-4-9-20(16)30-2/h3-13,26H,1-2H3,(H,25,28). The Balaban J connectivity index is 1.84. The summed E-state index contributed by atoms with van der Waals surface area (Å²) in [6.07, 6.45) is 0. The molecule has 0 bridgehead atoms. The molecule has 0 saturated heterocycles. The molecule has 156 valence electrons. The van der Waals surface area contributed by atoms with Crippen molar-refractivity contribution in [3.05, 3.63) is 82.5 Å². The van der Waals surface area contributed by atoms with Gasteiger partial charge in [-0.1, -0.05) is 18.2 Å². The van der Waals surface area contributed by atoms with Gasteiger partial charge in [0.25, 0.3) is 5.91 Å². The number of carbonyl (C=O) groups is 1. The first kappa shape index (κ1) is 20.0. The number of nitrogens with one attached hydrogen (secondary N) is 1. The Morgan fingerprint density at radius 3 is 2.55 bits per heavy atom. The number of hydrogen-bond acceptors (Lipinski definition) is 6. The van der Waals surface area contributed by atoms with Crippen LogP contribution in [-0.2, 0) is 0 Å². The first-order valence-electron chi connectivity index (χ1n) is 9.40. The van der Waals surface area contributed by atoms with Crippen molar-refractivity contribution in [2.45, 2.75) is 0 Å². The maximum absolute atomic E-state index is 12.8. The topological polar surface area (TPSA) is 98.0 Å². The average molecular weight is 417 g/mol. The Kier molecular flexibility index (Phi) is 5.32. The van der Waals surface area contributed by atoms with Gasteiger partial charge in [0, 0.05) is 11.6 Å². The highest BCUT2D eigenvalue weighted by atomic mass is 16.5. The third-order valence-corrected chi connectivity index (χ3v) is 4.81. The second-order valence-corrected chi connectivity index (χ2v) is 6.70. The van der Waals surface area contributed by atoms with Crippen molar-refractivity contribution >= 4 is 22.6 Å². The number of benzene rings is 3. The molecule has 1 aromatic heterocycles. The molecule has 0 aliphatic carbocycles. The molecule has 2 N–H and O–H groups in total. The summed E-state index contributed by atoms with van der Waals surface area (Å²) in [5, 5.41) is 13.0. The van der Waals surface area contributed by atoms with E-state index in [1.165, 1.54) is 32.4 Å².